The molecular weight excluding hydrogens is 284 g/mol. The van der Waals surface area contributed by atoms with Gasteiger partial charge in [0.25, 0.3) is 0 Å². The zero-order valence-corrected chi connectivity index (χ0v) is 11.3. The molecule has 0 heterocycles. The first-order valence-electron chi connectivity index (χ1n) is 4.34. The van der Waals surface area contributed by atoms with Gasteiger partial charge < -0.3 is 5.11 Å². The number of halogens is 2. The minimum Gasteiger partial charge on any atom is -0.392 e. The fourth-order valence-electron chi connectivity index (χ4n) is 1.02. The number of alkyl halides is 2. The monoisotopic (exact) mass is 300 g/mol. The average molecular weight is 302 g/mol. The third-order valence-electron chi connectivity index (χ3n) is 2.53. The van der Waals surface area contributed by atoms with E-state index in [1.807, 2.05) is 0 Å². The van der Waals surface area contributed by atoms with Crippen LogP contribution in [0.3, 0.4) is 0 Å². The zero-order chi connectivity index (χ0) is 9.89. The van der Waals surface area contributed by atoms with E-state index in [0.717, 1.165) is 0 Å². The first-order valence-corrected chi connectivity index (χ1v) is 6.17. The van der Waals surface area contributed by atoms with Crippen LogP contribution in [0.25, 0.3) is 0 Å². The lowest BCUT2D eigenvalue weighted by molar-refractivity contribution is 0.0676. The van der Waals surface area contributed by atoms with Gasteiger partial charge in [-0.2, -0.15) is 0 Å². The zero-order valence-electron chi connectivity index (χ0n) is 8.09. The van der Waals surface area contributed by atoms with Crippen LogP contribution in [0.15, 0.2) is 0 Å². The van der Waals surface area contributed by atoms with Gasteiger partial charge in [0.2, 0.25) is 0 Å². The van der Waals surface area contributed by atoms with E-state index >= 15 is 0 Å². The third kappa shape index (κ3) is 3.75. The van der Waals surface area contributed by atoms with Gasteiger partial charge in [-0.15, -0.1) is 0 Å². The maximum Gasteiger partial charge on any atom is 0.0612 e. The molecule has 0 aromatic rings. The van der Waals surface area contributed by atoms with Gasteiger partial charge in [-0.05, 0) is 11.8 Å². The minimum atomic E-state index is -0.242. The summed E-state index contributed by atoms with van der Waals surface area (Å²) in [5, 5.41) is 9.87. The second-order valence-corrected chi connectivity index (χ2v) is 6.45. The van der Waals surface area contributed by atoms with Crippen LogP contribution in [-0.4, -0.2) is 20.9 Å². The Labute approximate surface area is 92.2 Å². The van der Waals surface area contributed by atoms with Crippen LogP contribution in [-0.2, 0) is 0 Å². The van der Waals surface area contributed by atoms with Gasteiger partial charge in [-0.1, -0.05) is 59.6 Å². The van der Waals surface area contributed by atoms with E-state index in [4.69, 9.17) is 0 Å². The van der Waals surface area contributed by atoms with Crippen molar-refractivity contribution in [3.63, 3.8) is 0 Å². The van der Waals surface area contributed by atoms with Gasteiger partial charge in [-0.25, -0.2) is 0 Å². The Hall–Kier alpha value is 0.920. The van der Waals surface area contributed by atoms with E-state index < -0.39 is 0 Å². The summed E-state index contributed by atoms with van der Waals surface area (Å²) in [4.78, 5) is 0.724. The molecule has 4 unspecified atom stereocenters. The molecular formula is C9H18Br2O. The largest absolute Gasteiger partial charge is 0.392 e. The van der Waals surface area contributed by atoms with Crippen LogP contribution < -0.4 is 0 Å². The molecule has 0 aromatic heterocycles. The van der Waals surface area contributed by atoms with E-state index in [-0.39, 0.29) is 6.10 Å². The predicted molar refractivity (Wildman–Crippen MR) is 61.1 cm³/mol. The molecule has 0 aliphatic carbocycles. The topological polar surface area (TPSA) is 20.2 Å². The summed E-state index contributed by atoms with van der Waals surface area (Å²) in [5.41, 5.74) is 0. The molecule has 0 amide bonds. The molecule has 0 fully saturated rings. The van der Waals surface area contributed by atoms with Crippen molar-refractivity contribution in [1.82, 2.24) is 0 Å². The highest BCUT2D eigenvalue weighted by Crippen LogP contribution is 2.25. The molecule has 0 aliphatic heterocycles. The van der Waals surface area contributed by atoms with Crippen LogP contribution in [0.5, 0.6) is 0 Å². The lowest BCUT2D eigenvalue weighted by Gasteiger charge is -2.28. The second-order valence-electron chi connectivity index (χ2n) is 3.56. The molecule has 74 valence electrons. The van der Waals surface area contributed by atoms with Gasteiger partial charge in [0.15, 0.2) is 0 Å². The van der Waals surface area contributed by atoms with Crippen molar-refractivity contribution in [3.05, 3.63) is 0 Å². The fraction of sp³-hybridized carbons (Fsp3) is 1.00. The standard InChI is InChI=1S/C9H18Br2O/c1-5(7(3)10)9(12)6(2)8(4)11/h5-9,12H,1-4H3. The Kier molecular flexibility index (Phi) is 6.04. The van der Waals surface area contributed by atoms with Crippen molar-refractivity contribution in [2.24, 2.45) is 11.8 Å². The van der Waals surface area contributed by atoms with Crippen LogP contribution in [0.4, 0.5) is 0 Å². The van der Waals surface area contributed by atoms with Crippen LogP contribution >= 0.6 is 31.9 Å². The Balaban J connectivity index is 4.08. The summed E-state index contributed by atoms with van der Waals surface area (Å²) in [6, 6.07) is 0. The van der Waals surface area contributed by atoms with Crippen molar-refractivity contribution >= 4 is 31.9 Å². The van der Waals surface area contributed by atoms with Crippen LogP contribution in [0.1, 0.15) is 27.7 Å². The van der Waals surface area contributed by atoms with Gasteiger partial charge in [-0.3, -0.25) is 0 Å². The third-order valence-corrected chi connectivity index (χ3v) is 4.19. The Bertz CT molecular complexity index is 112. The quantitative estimate of drug-likeness (QED) is 0.791. The Morgan fingerprint density at radius 2 is 1.08 bits per heavy atom. The van der Waals surface area contributed by atoms with E-state index in [2.05, 4.69) is 59.6 Å². The summed E-state index contributed by atoms with van der Waals surface area (Å²) >= 11 is 6.96. The molecule has 0 aromatic carbocycles. The smallest absolute Gasteiger partial charge is 0.0612 e. The number of hydrogen-bond acceptors (Lipinski definition) is 1. The Morgan fingerprint density at radius 1 is 0.833 bits per heavy atom. The average Bonchev–Trinajstić information content (AvgIpc) is 2.00. The van der Waals surface area contributed by atoms with Gasteiger partial charge in [0, 0.05) is 9.65 Å². The molecule has 4 atom stereocenters. The highest BCUT2D eigenvalue weighted by Gasteiger charge is 2.26. The van der Waals surface area contributed by atoms with Gasteiger partial charge in [0.1, 0.15) is 0 Å². The molecule has 0 saturated heterocycles. The van der Waals surface area contributed by atoms with Gasteiger partial charge >= 0.3 is 0 Å². The molecule has 0 radical (unpaired) electrons. The van der Waals surface area contributed by atoms with Crippen molar-refractivity contribution in [3.8, 4) is 0 Å². The van der Waals surface area contributed by atoms with Crippen LogP contribution in [0, 0.1) is 11.8 Å². The molecule has 0 bridgehead atoms. The van der Waals surface area contributed by atoms with Crippen molar-refractivity contribution < 1.29 is 5.11 Å². The van der Waals surface area contributed by atoms with E-state index in [1.165, 1.54) is 0 Å². The van der Waals surface area contributed by atoms with Crippen LogP contribution in [0.2, 0.25) is 0 Å². The van der Waals surface area contributed by atoms with Crippen molar-refractivity contribution in [2.45, 2.75) is 43.5 Å². The van der Waals surface area contributed by atoms with Crippen molar-refractivity contribution in [1.29, 1.82) is 0 Å². The molecule has 12 heavy (non-hydrogen) atoms. The highest BCUT2D eigenvalue weighted by molar-refractivity contribution is 9.09. The summed E-state index contributed by atoms with van der Waals surface area (Å²) in [5.74, 6) is 0.583. The summed E-state index contributed by atoms with van der Waals surface area (Å²) < 4.78 is 0. The Morgan fingerprint density at radius 3 is 1.25 bits per heavy atom. The molecule has 0 saturated carbocycles. The van der Waals surface area contributed by atoms with E-state index in [9.17, 15) is 5.11 Å². The lowest BCUT2D eigenvalue weighted by Crippen LogP contribution is -2.33. The molecule has 0 spiro atoms. The molecule has 3 heteroatoms. The first-order chi connectivity index (χ1) is 5.37. The maximum atomic E-state index is 9.87. The first kappa shape index (κ1) is 12.9. The molecule has 1 nitrogen and oxygen atoms in total. The number of aliphatic hydroxyl groups is 1. The summed E-state index contributed by atoms with van der Waals surface area (Å²) in [7, 11) is 0. The fourth-order valence-corrected chi connectivity index (χ4v) is 1.65. The molecule has 0 rings (SSSR count). The second kappa shape index (κ2) is 5.61. The number of aliphatic hydroxyl groups excluding tert-OH is 1. The lowest BCUT2D eigenvalue weighted by atomic mass is 9.90. The SMILES string of the molecule is CC(Br)C(C)C(O)C(C)C(C)Br. The summed E-state index contributed by atoms with van der Waals surface area (Å²) in [6.07, 6.45) is -0.242. The van der Waals surface area contributed by atoms with Crippen molar-refractivity contribution in [2.75, 3.05) is 0 Å². The van der Waals surface area contributed by atoms with E-state index in [0.29, 0.717) is 21.5 Å². The highest BCUT2D eigenvalue weighted by atomic mass is 79.9. The normalized spacial score (nSPS) is 24.2. The van der Waals surface area contributed by atoms with E-state index in [1.54, 1.807) is 0 Å². The maximum absolute atomic E-state index is 9.87. The summed E-state index contributed by atoms with van der Waals surface area (Å²) in [6.45, 7) is 8.27. The number of hydrogen-bond donors (Lipinski definition) is 1. The number of rotatable bonds is 4. The van der Waals surface area contributed by atoms with Gasteiger partial charge in [0.05, 0.1) is 6.10 Å². The molecule has 1 N–H and O–H groups in total. The minimum absolute atomic E-state index is 0.242. The molecule has 0 aliphatic rings. The predicted octanol–water partition coefficient (Wildman–Crippen LogP) is 3.19.